The van der Waals surface area contributed by atoms with Gasteiger partial charge >= 0.3 is 139 Å². The number of likely N-dealkylation sites (tertiary alicyclic amines) is 4. The van der Waals surface area contributed by atoms with Crippen LogP contribution in [0.2, 0.25) is 0 Å². The molecule has 4 aromatic carbocycles. The second kappa shape index (κ2) is 53.4. The fourth-order valence-electron chi connectivity index (χ4n) is 15.0. The van der Waals surface area contributed by atoms with Crippen molar-refractivity contribution in [3.63, 3.8) is 0 Å². The molecular formula is C91H133ClF4K2N8O18. The average molecular weight is 1820 g/mol. The van der Waals surface area contributed by atoms with E-state index in [2.05, 4.69) is 29.9 Å². The molecule has 0 radical (unpaired) electrons. The Morgan fingerprint density at radius 2 is 0.879 bits per heavy atom. The van der Waals surface area contributed by atoms with Crippen LogP contribution >= 0.6 is 11.6 Å². The van der Waals surface area contributed by atoms with Crippen molar-refractivity contribution in [3.05, 3.63) is 181 Å². The quantitative estimate of drug-likeness (QED) is 0.00714. The molecule has 6 fully saturated rings. The topological polar surface area (TPSA) is 325 Å². The van der Waals surface area contributed by atoms with Crippen molar-refractivity contribution in [2.45, 2.75) is 261 Å². The van der Waals surface area contributed by atoms with E-state index in [9.17, 15) is 61.6 Å². The zero-order valence-electron chi connectivity index (χ0n) is 76.3. The van der Waals surface area contributed by atoms with Crippen LogP contribution in [0.1, 0.15) is 216 Å². The summed E-state index contributed by atoms with van der Waals surface area (Å²) >= 11 is 5.63. The molecule has 0 spiro atoms. The van der Waals surface area contributed by atoms with Gasteiger partial charge < -0.3 is 95.8 Å². The van der Waals surface area contributed by atoms with Gasteiger partial charge in [-0.25, -0.2) is 46.3 Å². The van der Waals surface area contributed by atoms with E-state index in [1.165, 1.54) is 48.5 Å². The number of alkyl halides is 1. The van der Waals surface area contributed by atoms with Crippen LogP contribution in [0.3, 0.4) is 0 Å². The van der Waals surface area contributed by atoms with Gasteiger partial charge in [0.25, 0.3) is 6.47 Å². The molecule has 0 aromatic heterocycles. The standard InChI is InChI=1S/C23H33FN2O5.C23H31FN2O4.C22H33FN2O3.C12H14ClFO.C10H20N2O2.CH2O3.2K.H/c1-22(2,3)30-20(28)25-13-4-6-19(16-25)26-14-12-23(11-5-15-27,31-21(26)29)17-7-9-18(24)10-8-17;1-5-12-23(17-8-10-18(24)11-9-17)13-15-26(21(28)30-23)19-7-6-14-25(16-19)20(27)29-22(2,3)4;1-5-12-22(27,17-8-10-18(23)11-9-17)13-14-24-19-7-6-15-25(16-19)20(26)28-21(2,3)4;1-2-7-12(15,8-9-13)10-3-5-11(14)6-4-10;1-10(2,3)14-9(13)12-6-4-5-8(11)7-12;2-1-4-3;;;/h7-10,19,27H,4-6,11-16H2,1-3H3;5,8-11,19H,1,6-7,12-16H2,2-4H3;5,8-11,19,24,27H,1,6-7,12-16H2,2-4H3;2-6,15H,1,7-9H2;8H,4-7,11H2,1-3H3;1,3H;;;/q;;;;;;2*+1;-1/p-1/t2*19-,23?;19-,22?;;8-;;;;/m000.0..../s1. The summed E-state index contributed by atoms with van der Waals surface area (Å²) in [7, 11) is 0. The number of benzene rings is 4. The Hall–Kier alpha value is -5.77. The maximum Gasteiger partial charge on any atom is 1.00 e. The van der Waals surface area contributed by atoms with Gasteiger partial charge in [-0.15, -0.1) is 31.3 Å². The molecule has 6 amide bonds. The number of nitrogens with one attached hydrogen (secondary N) is 1. The third-order valence-corrected chi connectivity index (χ3v) is 21.1. The van der Waals surface area contributed by atoms with Gasteiger partial charge in [-0.05, 0) is 250 Å². The molecule has 8 atom stereocenters. The normalized spacial score (nSPS) is 21.2. The Kier molecular flexibility index (Phi) is 48.4. The minimum absolute atomic E-state index is 0. The SMILES string of the molecule is C=CCC(O)(CCCl)c1ccc(F)cc1.C=CCC(O)(CCN[C@H]1CCCN(C(=O)OC(C)(C)C)C1)c1ccc(F)cc1.C=CCC1(c2ccc(F)cc2)CCN([C@H]2CCCN(C(=O)OC(C)(C)C)C2)C(=O)O1.CC(C)(C)OC(=O)N1CCC[C@H](N)C1.CC(C)(C)OC(=O)N1CCC[C@H](N2CCC(CCCO)(c3ccc(F)cc3)OC2=O)C1.O=CO[O-].[H-].[K+].[K+]. The van der Waals surface area contributed by atoms with E-state index in [0.29, 0.717) is 140 Å². The summed E-state index contributed by atoms with van der Waals surface area (Å²) in [5.41, 5.74) is 2.70. The van der Waals surface area contributed by atoms with Gasteiger partial charge in [0.05, 0.1) is 23.3 Å². The number of cyclic esters (lactones) is 2. The molecule has 682 valence electrons. The predicted molar refractivity (Wildman–Crippen MR) is 457 cm³/mol. The van der Waals surface area contributed by atoms with Crippen molar-refractivity contribution in [2.75, 3.05) is 84.5 Å². The van der Waals surface area contributed by atoms with Crippen LogP contribution in [0.4, 0.5) is 46.3 Å². The number of aliphatic hydroxyl groups is 3. The summed E-state index contributed by atoms with van der Waals surface area (Å²) in [6.07, 6.45) is 14.1. The van der Waals surface area contributed by atoms with Gasteiger partial charge in [0.1, 0.15) is 56.9 Å². The third kappa shape index (κ3) is 38.1. The molecule has 33 heteroatoms. The summed E-state index contributed by atoms with van der Waals surface area (Å²) in [6.45, 7) is 39.4. The van der Waals surface area contributed by atoms with Crippen LogP contribution in [0, 0.1) is 23.3 Å². The molecule has 6 saturated heterocycles. The maximum absolute atomic E-state index is 13.4. The number of nitrogens with zero attached hydrogens (tertiary/aromatic N) is 6. The minimum atomic E-state index is -1.10. The van der Waals surface area contributed by atoms with Crippen molar-refractivity contribution in [1.82, 2.24) is 34.7 Å². The predicted octanol–water partition coefficient (Wildman–Crippen LogP) is 9.96. The molecule has 6 aliphatic heterocycles. The first kappa shape index (κ1) is 112. The zero-order valence-corrected chi connectivity index (χ0v) is 82.3. The number of hydrogen-bond acceptors (Lipinski definition) is 20. The second-order valence-corrected chi connectivity index (χ2v) is 35.8. The van der Waals surface area contributed by atoms with Crippen molar-refractivity contribution in [1.29, 1.82) is 0 Å². The molecule has 0 aliphatic carbocycles. The number of rotatable bonds is 22. The molecule has 6 aliphatic rings. The number of piperidine rings is 4. The van der Waals surface area contributed by atoms with Crippen LogP contribution in [0.5, 0.6) is 0 Å². The molecule has 10 rings (SSSR count). The summed E-state index contributed by atoms with van der Waals surface area (Å²) < 4.78 is 86.3. The van der Waals surface area contributed by atoms with Crippen LogP contribution < -0.4 is 119 Å². The number of aliphatic hydroxyl groups excluding tert-OH is 1. The third-order valence-electron chi connectivity index (χ3n) is 20.9. The van der Waals surface area contributed by atoms with Gasteiger partial charge in [-0.3, -0.25) is 4.79 Å². The number of ether oxygens (including phenoxy) is 6. The monoisotopic (exact) mass is 1810 g/mol. The van der Waals surface area contributed by atoms with E-state index in [0.717, 1.165) is 69.0 Å². The van der Waals surface area contributed by atoms with E-state index in [1.807, 2.05) is 83.1 Å². The summed E-state index contributed by atoms with van der Waals surface area (Å²) in [6, 6.07) is 23.8. The maximum atomic E-state index is 13.4. The molecule has 4 aromatic rings. The molecule has 4 unspecified atom stereocenters. The minimum Gasteiger partial charge on any atom is -1.00 e. The fourth-order valence-corrected chi connectivity index (χ4v) is 15.3. The van der Waals surface area contributed by atoms with Crippen molar-refractivity contribution < 1.29 is 209 Å². The van der Waals surface area contributed by atoms with E-state index in [4.69, 9.17) is 55.8 Å². The molecular weight excluding hydrogens is 1680 g/mol. The van der Waals surface area contributed by atoms with E-state index < -0.39 is 57.0 Å². The van der Waals surface area contributed by atoms with Crippen molar-refractivity contribution in [3.8, 4) is 0 Å². The Balaban J connectivity index is 0.000000535. The first-order valence-corrected chi connectivity index (χ1v) is 42.5. The smallest absolute Gasteiger partial charge is 1.00 e. The Morgan fingerprint density at radius 1 is 0.540 bits per heavy atom. The summed E-state index contributed by atoms with van der Waals surface area (Å²) in [4.78, 5) is 96.3. The first-order valence-electron chi connectivity index (χ1n) is 41.9. The molecule has 0 bridgehead atoms. The fraction of sp³-hybridized carbons (Fsp3) is 0.593. The Bertz CT molecular complexity index is 3970. The zero-order chi connectivity index (χ0) is 90.9. The van der Waals surface area contributed by atoms with Crippen molar-refractivity contribution >= 4 is 54.6 Å². The number of carbonyl (C=O) groups is 7. The van der Waals surface area contributed by atoms with Crippen LogP contribution in [0.25, 0.3) is 0 Å². The summed E-state index contributed by atoms with van der Waals surface area (Å²) in [5.74, 6) is -0.977. The van der Waals surface area contributed by atoms with Gasteiger partial charge in [0, 0.05) is 109 Å². The molecule has 124 heavy (non-hydrogen) atoms. The van der Waals surface area contributed by atoms with E-state index in [-0.39, 0.29) is 189 Å². The second-order valence-electron chi connectivity index (χ2n) is 35.4. The summed E-state index contributed by atoms with van der Waals surface area (Å²) in [5, 5.41) is 42.6. The average Bonchev–Trinajstić information content (AvgIpc) is 0.774. The van der Waals surface area contributed by atoms with Gasteiger partial charge in [0.2, 0.25) is 0 Å². The molecule has 26 nitrogen and oxygen atoms in total. The van der Waals surface area contributed by atoms with E-state index >= 15 is 0 Å². The number of nitrogens with two attached hydrogens (primary N) is 1. The van der Waals surface area contributed by atoms with Gasteiger partial charge in [-0.1, -0.05) is 66.8 Å². The molecule has 6 heterocycles. The molecule has 0 saturated carbocycles. The first-order chi connectivity index (χ1) is 57.3. The van der Waals surface area contributed by atoms with E-state index in [1.54, 1.807) is 96.2 Å². The van der Waals surface area contributed by atoms with Crippen LogP contribution in [0.15, 0.2) is 135 Å². The Labute approximate surface area is 822 Å². The molecule has 6 N–H and O–H groups in total. The number of hydrogen-bond donors (Lipinski definition) is 5. The van der Waals surface area contributed by atoms with Crippen LogP contribution in [-0.4, -0.2) is 219 Å². The van der Waals surface area contributed by atoms with Gasteiger partial charge in [0.15, 0.2) is 0 Å². The Morgan fingerprint density at radius 3 is 1.23 bits per heavy atom. The van der Waals surface area contributed by atoms with Gasteiger partial charge in [-0.2, -0.15) is 0 Å². The van der Waals surface area contributed by atoms with Crippen LogP contribution in [-0.2, 0) is 60.5 Å². The largest absolute Gasteiger partial charge is 1.00 e. The number of amides is 6. The van der Waals surface area contributed by atoms with Crippen molar-refractivity contribution in [2.24, 2.45) is 5.73 Å². The number of carbonyl (C=O) groups excluding carboxylic acids is 7. The number of halogens is 5.